The monoisotopic (exact) mass is 401 g/mol. The van der Waals surface area contributed by atoms with E-state index in [2.05, 4.69) is 53.3 Å². The van der Waals surface area contributed by atoms with Gasteiger partial charge in [-0.05, 0) is 52.7 Å². The largest absolute Gasteiger partial charge is 0.358 e. The predicted octanol–water partition coefficient (Wildman–Crippen LogP) is 5.14. The highest BCUT2D eigenvalue weighted by Gasteiger charge is 2.37. The highest BCUT2D eigenvalue weighted by Crippen LogP contribution is 2.33. The second kappa shape index (κ2) is 6.71. The van der Waals surface area contributed by atoms with Crippen LogP contribution in [0.2, 0.25) is 5.02 Å². The number of hydrogen-bond acceptors (Lipinski definition) is 4. The highest BCUT2D eigenvalue weighted by atomic mass is 35.5. The summed E-state index contributed by atoms with van der Waals surface area (Å²) in [6.45, 7) is 8.86. The molecule has 0 unspecified atom stereocenters. The highest BCUT2D eigenvalue weighted by molar-refractivity contribution is 6.31. The molecule has 0 bridgehead atoms. The Bertz CT molecular complexity index is 1010. The summed E-state index contributed by atoms with van der Waals surface area (Å²) >= 11 is 5.89. The van der Waals surface area contributed by atoms with Gasteiger partial charge in [-0.15, -0.1) is 0 Å². The van der Waals surface area contributed by atoms with Gasteiger partial charge in [0.05, 0.1) is 16.2 Å². The molecule has 3 aromatic rings. The van der Waals surface area contributed by atoms with Crippen LogP contribution in [-0.4, -0.2) is 32.1 Å². The summed E-state index contributed by atoms with van der Waals surface area (Å²) in [5, 5.41) is 8.02. The van der Waals surface area contributed by atoms with Crippen molar-refractivity contribution in [3.63, 3.8) is 0 Å². The third-order valence-electron chi connectivity index (χ3n) is 5.20. The average Bonchev–Trinajstić information content (AvgIpc) is 3.00. The van der Waals surface area contributed by atoms with Gasteiger partial charge in [-0.1, -0.05) is 17.7 Å². The van der Waals surface area contributed by atoms with E-state index in [-0.39, 0.29) is 22.1 Å². The van der Waals surface area contributed by atoms with Crippen LogP contribution >= 0.6 is 11.6 Å². The molecule has 0 atom stereocenters. The smallest absolute Gasteiger partial charge is 0.223 e. The van der Waals surface area contributed by atoms with Crippen LogP contribution in [0.1, 0.15) is 40.5 Å². The molecule has 0 radical (unpaired) electrons. The number of benzene rings is 1. The van der Waals surface area contributed by atoms with Crippen molar-refractivity contribution < 1.29 is 4.39 Å². The third kappa shape index (κ3) is 3.71. The first-order valence-electron chi connectivity index (χ1n) is 9.48. The summed E-state index contributed by atoms with van der Waals surface area (Å²) in [5.41, 5.74) is 2.01. The maximum atomic E-state index is 14.2. The average molecular weight is 402 g/mol. The fraction of sp³-hybridized carbons (Fsp3) is 0.429. The molecule has 0 saturated carbocycles. The lowest BCUT2D eigenvalue weighted by Crippen LogP contribution is -2.60. The maximum Gasteiger partial charge on any atom is 0.223 e. The lowest BCUT2D eigenvalue weighted by Gasteiger charge is -2.46. The van der Waals surface area contributed by atoms with Gasteiger partial charge in [0.15, 0.2) is 5.82 Å². The normalized spacial score (nSPS) is 19.1. The van der Waals surface area contributed by atoms with Crippen molar-refractivity contribution in [1.82, 2.24) is 20.3 Å². The minimum atomic E-state index is -0.447. The van der Waals surface area contributed by atoms with E-state index in [0.717, 1.165) is 29.5 Å². The first-order valence-corrected chi connectivity index (χ1v) is 9.86. The van der Waals surface area contributed by atoms with E-state index in [1.54, 1.807) is 24.5 Å². The van der Waals surface area contributed by atoms with Gasteiger partial charge in [0, 0.05) is 40.5 Å². The first-order chi connectivity index (χ1) is 13.1. The number of anilines is 1. The number of H-pyrrole nitrogens is 1. The van der Waals surface area contributed by atoms with Gasteiger partial charge < -0.3 is 15.6 Å². The third-order valence-corrected chi connectivity index (χ3v) is 5.49. The quantitative estimate of drug-likeness (QED) is 0.568. The van der Waals surface area contributed by atoms with Gasteiger partial charge in [0.25, 0.3) is 0 Å². The summed E-state index contributed by atoms with van der Waals surface area (Å²) in [6.07, 6.45) is 5.43. The van der Waals surface area contributed by atoms with Gasteiger partial charge in [-0.2, -0.15) is 0 Å². The SMILES string of the molecule is CC1(C)CC(Nc2nccc(-c3c[nH]c4c(F)c(Cl)ccc34)n2)CC(C)(C)N1. The minimum Gasteiger partial charge on any atom is -0.358 e. The van der Waals surface area contributed by atoms with Crippen molar-refractivity contribution >= 4 is 28.5 Å². The molecule has 1 aromatic carbocycles. The van der Waals surface area contributed by atoms with Crippen molar-refractivity contribution in [2.75, 3.05) is 5.32 Å². The Balaban J connectivity index is 1.63. The molecular weight excluding hydrogens is 377 g/mol. The number of nitrogens with one attached hydrogen (secondary N) is 3. The van der Waals surface area contributed by atoms with Gasteiger partial charge in [-0.3, -0.25) is 0 Å². The Labute approximate surface area is 169 Å². The number of hydrogen-bond donors (Lipinski definition) is 3. The van der Waals surface area contributed by atoms with Gasteiger partial charge in [0.1, 0.15) is 0 Å². The molecule has 4 rings (SSSR count). The second-order valence-corrected chi connectivity index (χ2v) is 9.30. The molecule has 1 fully saturated rings. The molecule has 0 spiro atoms. The van der Waals surface area contributed by atoms with E-state index in [1.165, 1.54) is 0 Å². The van der Waals surface area contributed by atoms with Crippen LogP contribution < -0.4 is 10.6 Å². The van der Waals surface area contributed by atoms with E-state index < -0.39 is 5.82 Å². The molecule has 2 aromatic heterocycles. The molecule has 7 heteroatoms. The molecular formula is C21H25ClFN5. The Morgan fingerprint density at radius 2 is 1.86 bits per heavy atom. The summed E-state index contributed by atoms with van der Waals surface area (Å²) in [5.74, 6) is 0.136. The van der Waals surface area contributed by atoms with Crippen LogP contribution in [0.15, 0.2) is 30.6 Å². The van der Waals surface area contributed by atoms with Gasteiger partial charge in [0.2, 0.25) is 5.95 Å². The molecule has 148 valence electrons. The molecule has 0 amide bonds. The number of rotatable bonds is 3. The maximum absolute atomic E-state index is 14.2. The molecule has 3 heterocycles. The molecule has 5 nitrogen and oxygen atoms in total. The van der Waals surface area contributed by atoms with Crippen LogP contribution in [0, 0.1) is 5.82 Å². The molecule has 3 N–H and O–H groups in total. The Morgan fingerprint density at radius 3 is 2.57 bits per heavy atom. The van der Waals surface area contributed by atoms with E-state index in [9.17, 15) is 4.39 Å². The standard InChI is InChI=1S/C21H25ClFN5/c1-20(2)9-12(10-21(3,4)28-20)26-19-24-8-7-16(27-19)14-11-25-18-13(14)5-6-15(22)17(18)23/h5-8,11-12,25,28H,9-10H2,1-4H3,(H,24,26,27). The lowest BCUT2D eigenvalue weighted by molar-refractivity contribution is 0.170. The zero-order valence-corrected chi connectivity index (χ0v) is 17.3. The van der Waals surface area contributed by atoms with Crippen molar-refractivity contribution in [1.29, 1.82) is 0 Å². The van der Waals surface area contributed by atoms with Crippen molar-refractivity contribution in [2.24, 2.45) is 0 Å². The molecule has 1 aliphatic rings. The van der Waals surface area contributed by atoms with Crippen LogP contribution in [0.3, 0.4) is 0 Å². The minimum absolute atomic E-state index is 0.0324. The molecule has 1 saturated heterocycles. The number of aromatic amines is 1. The van der Waals surface area contributed by atoms with E-state index >= 15 is 0 Å². The summed E-state index contributed by atoms with van der Waals surface area (Å²) < 4.78 is 14.2. The van der Waals surface area contributed by atoms with E-state index in [4.69, 9.17) is 11.6 Å². The van der Waals surface area contributed by atoms with Crippen molar-refractivity contribution in [3.8, 4) is 11.3 Å². The topological polar surface area (TPSA) is 65.6 Å². The van der Waals surface area contributed by atoms with Crippen molar-refractivity contribution in [3.05, 3.63) is 41.4 Å². The number of aromatic nitrogens is 3. The summed E-state index contributed by atoms with van der Waals surface area (Å²) in [7, 11) is 0. The van der Waals surface area contributed by atoms with Crippen LogP contribution in [0.4, 0.5) is 10.3 Å². The zero-order valence-electron chi connectivity index (χ0n) is 16.5. The first kappa shape index (κ1) is 19.2. The molecule has 0 aliphatic carbocycles. The molecule has 28 heavy (non-hydrogen) atoms. The van der Waals surface area contributed by atoms with Crippen LogP contribution in [-0.2, 0) is 0 Å². The zero-order chi connectivity index (χ0) is 20.1. The Kier molecular flexibility index (Phi) is 4.59. The van der Waals surface area contributed by atoms with Gasteiger partial charge in [-0.25, -0.2) is 14.4 Å². The summed E-state index contributed by atoms with van der Waals surface area (Å²) in [4.78, 5) is 12.1. The molecule has 1 aliphatic heterocycles. The van der Waals surface area contributed by atoms with E-state index in [0.29, 0.717) is 11.5 Å². The summed E-state index contributed by atoms with van der Waals surface area (Å²) in [6, 6.07) is 5.47. The number of halogens is 2. The van der Waals surface area contributed by atoms with Crippen molar-refractivity contribution in [2.45, 2.75) is 57.7 Å². The lowest BCUT2D eigenvalue weighted by atomic mass is 9.80. The Hall–Kier alpha value is -2.18. The van der Waals surface area contributed by atoms with Gasteiger partial charge >= 0.3 is 0 Å². The second-order valence-electron chi connectivity index (χ2n) is 8.89. The number of nitrogens with zero attached hydrogens (tertiary/aromatic N) is 2. The number of piperidine rings is 1. The number of fused-ring (bicyclic) bond motifs is 1. The van der Waals surface area contributed by atoms with E-state index in [1.807, 2.05) is 6.07 Å². The fourth-order valence-electron chi connectivity index (χ4n) is 4.54. The van der Waals surface area contributed by atoms with Crippen LogP contribution in [0.25, 0.3) is 22.2 Å². The van der Waals surface area contributed by atoms with Crippen LogP contribution in [0.5, 0.6) is 0 Å². The predicted molar refractivity (Wildman–Crippen MR) is 112 cm³/mol. The Morgan fingerprint density at radius 1 is 1.14 bits per heavy atom. The fourth-order valence-corrected chi connectivity index (χ4v) is 4.69.